The molecule has 0 atom stereocenters. The van der Waals surface area contributed by atoms with Crippen LogP contribution < -0.4 is 25.4 Å². The molecular formula is C27H32N4O4S. The lowest BCUT2D eigenvalue weighted by atomic mass is 9.91. The number of rotatable bonds is 9. The van der Waals surface area contributed by atoms with E-state index in [1.807, 2.05) is 62.4 Å². The predicted octanol–water partition coefficient (Wildman–Crippen LogP) is 5.29. The first-order valence-electron chi connectivity index (χ1n) is 12.2. The summed E-state index contributed by atoms with van der Waals surface area (Å²) < 4.78 is 11.3. The number of hydrogen-bond acceptors (Lipinski definition) is 6. The third-order valence-corrected chi connectivity index (χ3v) is 6.82. The Morgan fingerprint density at radius 1 is 0.972 bits per heavy atom. The molecule has 8 nitrogen and oxygen atoms in total. The summed E-state index contributed by atoms with van der Waals surface area (Å²) >= 11 is 1.41. The van der Waals surface area contributed by atoms with Crippen molar-refractivity contribution in [3.8, 4) is 11.5 Å². The Labute approximate surface area is 215 Å². The minimum atomic E-state index is -0.252. The highest BCUT2D eigenvalue weighted by Gasteiger charge is 2.25. The topological polar surface area (TPSA) is 102 Å². The van der Waals surface area contributed by atoms with E-state index in [-0.39, 0.29) is 24.0 Å². The predicted molar refractivity (Wildman–Crippen MR) is 141 cm³/mol. The lowest BCUT2D eigenvalue weighted by molar-refractivity contribution is 0.0919. The quantitative estimate of drug-likeness (QED) is 0.364. The molecule has 1 fully saturated rings. The molecule has 3 N–H and O–H groups in total. The molecule has 1 aliphatic carbocycles. The van der Waals surface area contributed by atoms with Crippen LogP contribution in [0, 0.1) is 6.92 Å². The Bertz CT molecular complexity index is 1160. The lowest BCUT2D eigenvalue weighted by Crippen LogP contribution is -2.45. The fourth-order valence-electron chi connectivity index (χ4n) is 4.10. The van der Waals surface area contributed by atoms with Crippen molar-refractivity contribution in [2.45, 2.75) is 58.2 Å². The van der Waals surface area contributed by atoms with E-state index in [1.165, 1.54) is 16.9 Å². The van der Waals surface area contributed by atoms with E-state index in [1.54, 1.807) is 5.38 Å². The highest BCUT2D eigenvalue weighted by atomic mass is 32.1. The Morgan fingerprint density at radius 2 is 1.67 bits per heavy atom. The molecule has 1 saturated carbocycles. The van der Waals surface area contributed by atoms with Gasteiger partial charge in [-0.1, -0.05) is 29.8 Å². The zero-order valence-electron chi connectivity index (χ0n) is 20.6. The van der Waals surface area contributed by atoms with Gasteiger partial charge in [-0.25, -0.2) is 9.78 Å². The summed E-state index contributed by atoms with van der Waals surface area (Å²) in [6.45, 7) is 4.79. The second-order valence-corrected chi connectivity index (χ2v) is 9.72. The maximum absolute atomic E-state index is 12.7. The fraction of sp³-hybridized carbons (Fsp3) is 0.370. The first kappa shape index (κ1) is 25.5. The maximum Gasteiger partial charge on any atom is 0.319 e. The highest BCUT2D eigenvalue weighted by Crippen LogP contribution is 2.24. The molecule has 1 aliphatic rings. The van der Waals surface area contributed by atoms with Crippen LogP contribution in [0.3, 0.4) is 0 Å². The first-order valence-corrected chi connectivity index (χ1v) is 13.1. The van der Waals surface area contributed by atoms with Crippen LogP contribution in [-0.2, 0) is 6.61 Å². The monoisotopic (exact) mass is 508 g/mol. The number of nitrogens with one attached hydrogen (secondary N) is 3. The summed E-state index contributed by atoms with van der Waals surface area (Å²) in [6, 6.07) is 15.1. The Kier molecular flexibility index (Phi) is 8.78. The van der Waals surface area contributed by atoms with Gasteiger partial charge >= 0.3 is 6.03 Å². The minimum absolute atomic E-state index is 0.0576. The molecule has 2 aromatic carbocycles. The van der Waals surface area contributed by atoms with E-state index < -0.39 is 0 Å². The van der Waals surface area contributed by atoms with Gasteiger partial charge in [0.15, 0.2) is 0 Å². The van der Waals surface area contributed by atoms with Crippen LogP contribution in [0.1, 0.15) is 53.7 Å². The number of carbonyl (C=O) groups is 2. The number of ether oxygens (including phenoxy) is 2. The standard InChI is InChI=1S/C27H32N4O4S/c1-3-34-24-7-5-4-6-22(24)31-27(33)29-20-12-10-19(11-13-20)28-26(32)23-17-36-25(30-23)16-35-21-14-8-18(2)9-15-21/h4-9,14-15,17,19-20H,3,10-13,16H2,1-2H3,(H,28,32)(H2,29,31,33). The van der Waals surface area contributed by atoms with Crippen LogP contribution in [0.15, 0.2) is 53.9 Å². The van der Waals surface area contributed by atoms with Crippen molar-refractivity contribution in [3.05, 3.63) is 70.2 Å². The zero-order valence-corrected chi connectivity index (χ0v) is 21.4. The van der Waals surface area contributed by atoms with Gasteiger partial charge < -0.3 is 25.4 Å². The van der Waals surface area contributed by atoms with E-state index in [2.05, 4.69) is 20.9 Å². The van der Waals surface area contributed by atoms with Gasteiger partial charge in [-0.3, -0.25) is 4.79 Å². The number of hydrogen-bond donors (Lipinski definition) is 3. The summed E-state index contributed by atoms with van der Waals surface area (Å²) in [5.41, 5.74) is 2.23. The molecule has 3 aromatic rings. The molecule has 1 heterocycles. The summed E-state index contributed by atoms with van der Waals surface area (Å²) in [7, 11) is 0. The molecule has 190 valence electrons. The van der Waals surface area contributed by atoms with Gasteiger partial charge in [0.25, 0.3) is 5.91 Å². The number of anilines is 1. The first-order chi connectivity index (χ1) is 17.5. The van der Waals surface area contributed by atoms with Crippen LogP contribution in [-0.4, -0.2) is 35.6 Å². The van der Waals surface area contributed by atoms with Crippen LogP contribution in [0.4, 0.5) is 10.5 Å². The molecule has 0 spiro atoms. The number of nitrogens with zero attached hydrogens (tertiary/aromatic N) is 1. The molecule has 9 heteroatoms. The second kappa shape index (κ2) is 12.4. The summed E-state index contributed by atoms with van der Waals surface area (Å²) in [6.07, 6.45) is 3.16. The average molecular weight is 509 g/mol. The van der Waals surface area contributed by atoms with Gasteiger partial charge in [0.1, 0.15) is 28.8 Å². The fourth-order valence-corrected chi connectivity index (χ4v) is 4.78. The van der Waals surface area contributed by atoms with Gasteiger partial charge in [0, 0.05) is 17.5 Å². The van der Waals surface area contributed by atoms with Crippen molar-refractivity contribution in [2.24, 2.45) is 0 Å². The van der Waals surface area contributed by atoms with Crippen molar-refractivity contribution in [1.82, 2.24) is 15.6 Å². The third kappa shape index (κ3) is 7.21. The van der Waals surface area contributed by atoms with E-state index in [0.717, 1.165) is 36.4 Å². The van der Waals surface area contributed by atoms with Crippen molar-refractivity contribution < 1.29 is 19.1 Å². The number of benzene rings is 2. The molecule has 3 amide bonds. The lowest BCUT2D eigenvalue weighted by Gasteiger charge is -2.29. The van der Waals surface area contributed by atoms with Crippen LogP contribution in [0.25, 0.3) is 0 Å². The molecule has 4 rings (SSSR count). The molecule has 0 bridgehead atoms. The SMILES string of the molecule is CCOc1ccccc1NC(=O)NC1CCC(NC(=O)c2csc(COc3ccc(C)cc3)n2)CC1. The number of para-hydroxylation sites is 2. The van der Waals surface area contributed by atoms with Crippen molar-refractivity contribution in [3.63, 3.8) is 0 Å². The van der Waals surface area contributed by atoms with Crippen LogP contribution >= 0.6 is 11.3 Å². The number of carbonyl (C=O) groups excluding carboxylic acids is 2. The molecule has 36 heavy (non-hydrogen) atoms. The second-order valence-electron chi connectivity index (χ2n) is 8.78. The number of aryl methyl sites for hydroxylation is 1. The van der Waals surface area contributed by atoms with Gasteiger partial charge in [-0.15, -0.1) is 11.3 Å². The smallest absolute Gasteiger partial charge is 0.319 e. The highest BCUT2D eigenvalue weighted by molar-refractivity contribution is 7.09. The van der Waals surface area contributed by atoms with Crippen LogP contribution in [0.5, 0.6) is 11.5 Å². The zero-order chi connectivity index (χ0) is 25.3. The van der Waals surface area contributed by atoms with Gasteiger partial charge in [0.05, 0.1) is 12.3 Å². The van der Waals surface area contributed by atoms with E-state index in [9.17, 15) is 9.59 Å². The molecule has 0 saturated heterocycles. The van der Waals surface area contributed by atoms with E-state index in [0.29, 0.717) is 30.3 Å². The van der Waals surface area contributed by atoms with Gasteiger partial charge in [-0.05, 0) is 63.8 Å². The largest absolute Gasteiger partial charge is 0.492 e. The molecule has 0 aliphatic heterocycles. The van der Waals surface area contributed by atoms with Crippen molar-refractivity contribution in [2.75, 3.05) is 11.9 Å². The number of urea groups is 1. The number of aromatic nitrogens is 1. The number of thiazole rings is 1. The third-order valence-electron chi connectivity index (χ3n) is 6.00. The summed E-state index contributed by atoms with van der Waals surface area (Å²) in [5.74, 6) is 1.25. The summed E-state index contributed by atoms with van der Waals surface area (Å²) in [5, 5.41) is 11.5. The van der Waals surface area contributed by atoms with Gasteiger partial charge in [-0.2, -0.15) is 0 Å². The van der Waals surface area contributed by atoms with E-state index >= 15 is 0 Å². The Balaban J connectivity index is 1.19. The van der Waals surface area contributed by atoms with E-state index in [4.69, 9.17) is 9.47 Å². The maximum atomic E-state index is 12.7. The van der Waals surface area contributed by atoms with Gasteiger partial charge in [0.2, 0.25) is 0 Å². The van der Waals surface area contributed by atoms with Crippen molar-refractivity contribution in [1.29, 1.82) is 0 Å². The van der Waals surface area contributed by atoms with Crippen molar-refractivity contribution >= 4 is 29.0 Å². The number of amides is 3. The average Bonchev–Trinajstić information content (AvgIpc) is 3.36. The Hall–Kier alpha value is -3.59. The Morgan fingerprint density at radius 3 is 2.39 bits per heavy atom. The molecular weight excluding hydrogens is 476 g/mol. The van der Waals surface area contributed by atoms with Crippen LogP contribution in [0.2, 0.25) is 0 Å². The molecule has 1 aromatic heterocycles. The summed E-state index contributed by atoms with van der Waals surface area (Å²) in [4.78, 5) is 29.6. The molecule has 0 unspecified atom stereocenters. The normalized spacial score (nSPS) is 17.2. The molecule has 0 radical (unpaired) electrons. The minimum Gasteiger partial charge on any atom is -0.492 e.